The van der Waals surface area contributed by atoms with Crippen LogP contribution in [0.5, 0.6) is 0 Å². The number of imidazole rings is 1. The Morgan fingerprint density at radius 3 is 2.41 bits per heavy atom. The average molecular weight is 408 g/mol. The fourth-order valence-electron chi connectivity index (χ4n) is 2.82. The molecule has 2 aromatic carbocycles. The highest BCUT2D eigenvalue weighted by atomic mass is 35.5. The van der Waals surface area contributed by atoms with Gasteiger partial charge in [0.15, 0.2) is 0 Å². The summed E-state index contributed by atoms with van der Waals surface area (Å²) >= 11 is 12.6. The van der Waals surface area contributed by atoms with Crippen LogP contribution in [0.4, 0.5) is 13.2 Å². The molecule has 0 amide bonds. The van der Waals surface area contributed by atoms with Crippen LogP contribution in [-0.4, -0.2) is 14.5 Å². The summed E-state index contributed by atoms with van der Waals surface area (Å²) in [5, 5.41) is 0.815. The summed E-state index contributed by atoms with van der Waals surface area (Å²) in [5.41, 5.74) is 1.79. The van der Waals surface area contributed by atoms with Crippen LogP contribution >= 0.6 is 23.2 Å². The summed E-state index contributed by atoms with van der Waals surface area (Å²) in [4.78, 5) is 8.39. The zero-order valence-corrected chi connectivity index (χ0v) is 15.0. The molecule has 136 valence electrons. The molecule has 0 aliphatic rings. The highest BCUT2D eigenvalue weighted by molar-refractivity contribution is 6.34. The van der Waals surface area contributed by atoms with Gasteiger partial charge < -0.3 is 0 Å². The first kappa shape index (κ1) is 17.8. The Kier molecular flexibility index (Phi) is 4.32. The average Bonchev–Trinajstić information content (AvgIpc) is 3.04. The number of nitrogens with zero attached hydrogens (tertiary/aromatic N) is 3. The van der Waals surface area contributed by atoms with E-state index in [9.17, 15) is 13.2 Å². The van der Waals surface area contributed by atoms with E-state index in [1.54, 1.807) is 36.5 Å². The molecule has 2 heterocycles. The quantitative estimate of drug-likeness (QED) is 0.384. The molecule has 0 saturated carbocycles. The van der Waals surface area contributed by atoms with Gasteiger partial charge in [0.1, 0.15) is 6.33 Å². The van der Waals surface area contributed by atoms with E-state index in [4.69, 9.17) is 23.2 Å². The number of pyridine rings is 1. The topological polar surface area (TPSA) is 30.7 Å². The predicted octanol–water partition coefficient (Wildman–Crippen LogP) is 6.41. The van der Waals surface area contributed by atoms with E-state index in [-0.39, 0.29) is 0 Å². The van der Waals surface area contributed by atoms with Crippen LogP contribution in [0.3, 0.4) is 0 Å². The lowest BCUT2D eigenvalue weighted by Gasteiger charge is -2.11. The van der Waals surface area contributed by atoms with Crippen LogP contribution in [0.1, 0.15) is 5.56 Å². The van der Waals surface area contributed by atoms with E-state index in [0.29, 0.717) is 38.0 Å². The smallest absolute Gasteiger partial charge is 0.297 e. The van der Waals surface area contributed by atoms with Gasteiger partial charge in [0.25, 0.3) is 0 Å². The second-order valence-electron chi connectivity index (χ2n) is 5.82. The van der Waals surface area contributed by atoms with Gasteiger partial charge in [0.05, 0.1) is 38.0 Å². The highest BCUT2D eigenvalue weighted by Gasteiger charge is 2.31. The molecule has 0 unspecified atom stereocenters. The van der Waals surface area contributed by atoms with Gasteiger partial charge in [-0.05, 0) is 42.5 Å². The fourth-order valence-corrected chi connectivity index (χ4v) is 3.33. The zero-order chi connectivity index (χ0) is 19.2. The van der Waals surface area contributed by atoms with E-state index in [1.807, 2.05) is 0 Å². The summed E-state index contributed by atoms with van der Waals surface area (Å²) < 4.78 is 40.6. The molecule has 0 spiro atoms. The molecule has 3 nitrogen and oxygen atoms in total. The molecule has 27 heavy (non-hydrogen) atoms. The van der Waals surface area contributed by atoms with Crippen LogP contribution in [0, 0.1) is 0 Å². The summed E-state index contributed by atoms with van der Waals surface area (Å²) in [6.07, 6.45) is -1.38. The molecule has 4 aromatic rings. The predicted molar refractivity (Wildman–Crippen MR) is 99.3 cm³/mol. The number of halogens is 5. The van der Waals surface area contributed by atoms with Crippen molar-refractivity contribution in [2.75, 3.05) is 0 Å². The first-order valence-corrected chi connectivity index (χ1v) is 8.55. The van der Waals surface area contributed by atoms with Crippen molar-refractivity contribution in [2.24, 2.45) is 0 Å². The van der Waals surface area contributed by atoms with Crippen molar-refractivity contribution >= 4 is 34.2 Å². The number of rotatable bonds is 2. The van der Waals surface area contributed by atoms with Crippen LogP contribution in [0.25, 0.3) is 28.0 Å². The Hall–Kier alpha value is -2.57. The van der Waals surface area contributed by atoms with Crippen molar-refractivity contribution < 1.29 is 13.2 Å². The van der Waals surface area contributed by atoms with E-state index >= 15 is 0 Å². The lowest BCUT2D eigenvalue weighted by molar-refractivity contribution is -0.137. The normalized spacial score (nSPS) is 11.9. The Bertz CT molecular complexity index is 1150. The largest absolute Gasteiger partial charge is 0.416 e. The second kappa shape index (κ2) is 6.55. The van der Waals surface area contributed by atoms with Crippen molar-refractivity contribution in [3.8, 4) is 16.9 Å². The van der Waals surface area contributed by atoms with E-state index < -0.39 is 11.7 Å². The second-order valence-corrected chi connectivity index (χ2v) is 6.63. The van der Waals surface area contributed by atoms with Crippen molar-refractivity contribution in [1.82, 2.24) is 14.5 Å². The molecule has 0 fully saturated rings. The number of fused-ring (bicyclic) bond motifs is 1. The highest BCUT2D eigenvalue weighted by Crippen LogP contribution is 2.34. The van der Waals surface area contributed by atoms with Crippen LogP contribution in [0.15, 0.2) is 61.1 Å². The van der Waals surface area contributed by atoms with Crippen LogP contribution in [-0.2, 0) is 6.18 Å². The lowest BCUT2D eigenvalue weighted by atomic mass is 10.1. The number of aromatic nitrogens is 3. The molecule has 0 atom stereocenters. The Labute approximate surface area is 162 Å². The van der Waals surface area contributed by atoms with E-state index in [2.05, 4.69) is 9.97 Å². The summed E-state index contributed by atoms with van der Waals surface area (Å²) in [6.45, 7) is 0. The molecule has 0 aliphatic heterocycles. The van der Waals surface area contributed by atoms with Gasteiger partial charge in [-0.1, -0.05) is 29.3 Å². The van der Waals surface area contributed by atoms with E-state index in [1.165, 1.54) is 17.0 Å². The maximum Gasteiger partial charge on any atom is 0.416 e. The molecule has 4 rings (SSSR count). The minimum absolute atomic E-state index is 0.315. The molecule has 0 N–H and O–H groups in total. The van der Waals surface area contributed by atoms with Gasteiger partial charge >= 0.3 is 6.18 Å². The molecule has 2 aromatic heterocycles. The molecule has 8 heteroatoms. The Morgan fingerprint density at radius 1 is 0.889 bits per heavy atom. The van der Waals surface area contributed by atoms with Crippen LogP contribution in [0.2, 0.25) is 10.0 Å². The number of hydrogen-bond donors (Lipinski definition) is 0. The Morgan fingerprint density at radius 2 is 1.70 bits per heavy atom. The third-order valence-electron chi connectivity index (χ3n) is 4.11. The number of benzene rings is 2. The van der Waals surface area contributed by atoms with Gasteiger partial charge in [-0.2, -0.15) is 13.2 Å². The summed E-state index contributed by atoms with van der Waals surface area (Å²) in [5.74, 6) is 0. The van der Waals surface area contributed by atoms with Gasteiger partial charge in [0.2, 0.25) is 0 Å². The SMILES string of the molecule is FC(F)(F)c1ccc2ncn(-c3ccc(-c4ncccc4Cl)cc3Cl)c2c1. The molecule has 0 saturated heterocycles. The molecule has 0 bridgehead atoms. The summed E-state index contributed by atoms with van der Waals surface area (Å²) in [6, 6.07) is 12.0. The van der Waals surface area contributed by atoms with Crippen molar-refractivity contribution in [2.45, 2.75) is 6.18 Å². The standard InChI is InChI=1S/C19H10Cl2F3N3/c20-13-2-1-7-25-18(13)11-3-6-16(14(21)8-11)27-10-26-15-5-4-12(9-17(15)27)19(22,23)24/h1-10H. The Balaban J connectivity index is 1.83. The summed E-state index contributed by atoms with van der Waals surface area (Å²) in [7, 11) is 0. The van der Waals surface area contributed by atoms with Gasteiger partial charge in [-0.15, -0.1) is 0 Å². The third-order valence-corrected chi connectivity index (χ3v) is 4.72. The minimum Gasteiger partial charge on any atom is -0.297 e. The molecule has 0 radical (unpaired) electrons. The van der Waals surface area contributed by atoms with Crippen molar-refractivity contribution in [3.63, 3.8) is 0 Å². The zero-order valence-electron chi connectivity index (χ0n) is 13.5. The third kappa shape index (κ3) is 3.26. The molecule has 0 aliphatic carbocycles. The maximum absolute atomic E-state index is 13.0. The van der Waals surface area contributed by atoms with Crippen LogP contribution < -0.4 is 0 Å². The van der Waals surface area contributed by atoms with Gasteiger partial charge in [0, 0.05) is 11.8 Å². The molecular weight excluding hydrogens is 398 g/mol. The maximum atomic E-state index is 13.0. The monoisotopic (exact) mass is 407 g/mol. The van der Waals surface area contributed by atoms with Gasteiger partial charge in [-0.25, -0.2) is 4.98 Å². The fraction of sp³-hybridized carbons (Fsp3) is 0.0526. The first-order valence-electron chi connectivity index (χ1n) is 7.80. The number of alkyl halides is 3. The minimum atomic E-state index is -4.44. The molecular formula is C19H10Cl2F3N3. The lowest BCUT2D eigenvalue weighted by Crippen LogP contribution is -2.05. The van der Waals surface area contributed by atoms with Crippen molar-refractivity contribution in [1.29, 1.82) is 0 Å². The van der Waals surface area contributed by atoms with E-state index in [0.717, 1.165) is 12.1 Å². The first-order chi connectivity index (χ1) is 12.8. The van der Waals surface area contributed by atoms with Crippen molar-refractivity contribution in [3.05, 3.63) is 76.7 Å². The van der Waals surface area contributed by atoms with Gasteiger partial charge in [-0.3, -0.25) is 9.55 Å². The number of hydrogen-bond acceptors (Lipinski definition) is 2.